The summed E-state index contributed by atoms with van der Waals surface area (Å²) in [6, 6.07) is 8.10. The van der Waals surface area contributed by atoms with Crippen molar-refractivity contribution >= 4 is 17.2 Å². The van der Waals surface area contributed by atoms with E-state index in [2.05, 4.69) is 24.2 Å². The van der Waals surface area contributed by atoms with Gasteiger partial charge in [-0.1, -0.05) is 45.2 Å². The molecule has 85 valence electrons. The van der Waals surface area contributed by atoms with Crippen LogP contribution in [0.25, 0.3) is 0 Å². The molecular formula is C14H19N2. The van der Waals surface area contributed by atoms with E-state index >= 15 is 0 Å². The Hall–Kier alpha value is -1.31. The van der Waals surface area contributed by atoms with Crippen LogP contribution in [0.3, 0.4) is 0 Å². The van der Waals surface area contributed by atoms with Gasteiger partial charge in [0.15, 0.2) is 0 Å². The third-order valence-electron chi connectivity index (χ3n) is 3.03. The van der Waals surface area contributed by atoms with Crippen molar-refractivity contribution in [1.82, 2.24) is 5.32 Å². The second-order valence-corrected chi connectivity index (χ2v) is 4.47. The van der Waals surface area contributed by atoms with E-state index in [0.717, 1.165) is 17.2 Å². The molecule has 1 aromatic rings. The van der Waals surface area contributed by atoms with Crippen LogP contribution in [0.15, 0.2) is 29.3 Å². The first-order valence-electron chi connectivity index (χ1n) is 6.20. The first-order chi connectivity index (χ1) is 7.81. The van der Waals surface area contributed by atoms with Gasteiger partial charge in [-0.15, -0.1) is 0 Å². The standard InChI is InChI=1S/C14H19N2/c1-3-4-5-8-11(2)14-15-12-9-6-7-10-13(12)16-14/h6-7,9-11H,3-5,8H2,1-2H3. The third kappa shape index (κ3) is 2.43. The summed E-state index contributed by atoms with van der Waals surface area (Å²) in [7, 11) is 0. The summed E-state index contributed by atoms with van der Waals surface area (Å²) in [6.45, 7) is 4.46. The number of rotatable bonds is 5. The van der Waals surface area contributed by atoms with E-state index in [9.17, 15) is 0 Å². The molecule has 0 N–H and O–H groups in total. The molecule has 1 unspecified atom stereocenters. The number of hydrogen-bond donors (Lipinski definition) is 0. The minimum absolute atomic E-state index is 0.485. The molecule has 0 saturated heterocycles. The van der Waals surface area contributed by atoms with Crippen LogP contribution in [0.1, 0.15) is 39.5 Å². The number of amidine groups is 1. The van der Waals surface area contributed by atoms with Crippen LogP contribution in [0.2, 0.25) is 0 Å². The number of benzene rings is 1. The quantitative estimate of drug-likeness (QED) is 0.659. The Morgan fingerprint density at radius 1 is 1.12 bits per heavy atom. The average molecular weight is 215 g/mol. The highest BCUT2D eigenvalue weighted by Crippen LogP contribution is 2.32. The van der Waals surface area contributed by atoms with E-state index in [1.165, 1.54) is 25.7 Å². The van der Waals surface area contributed by atoms with Crippen molar-refractivity contribution in [2.45, 2.75) is 39.5 Å². The van der Waals surface area contributed by atoms with Crippen molar-refractivity contribution in [3.8, 4) is 0 Å². The topological polar surface area (TPSA) is 26.5 Å². The van der Waals surface area contributed by atoms with E-state index in [-0.39, 0.29) is 0 Å². The van der Waals surface area contributed by atoms with Gasteiger partial charge in [0, 0.05) is 5.92 Å². The Morgan fingerprint density at radius 2 is 1.88 bits per heavy atom. The average Bonchev–Trinajstić information content (AvgIpc) is 2.73. The number of nitrogens with zero attached hydrogens (tertiary/aromatic N) is 2. The van der Waals surface area contributed by atoms with Crippen LogP contribution in [0, 0.1) is 5.92 Å². The summed E-state index contributed by atoms with van der Waals surface area (Å²) in [5.41, 5.74) is 2.06. The minimum atomic E-state index is 0.485. The lowest BCUT2D eigenvalue weighted by Crippen LogP contribution is -2.16. The fourth-order valence-corrected chi connectivity index (χ4v) is 1.98. The fraction of sp³-hybridized carbons (Fsp3) is 0.500. The molecule has 1 radical (unpaired) electrons. The number of hydrogen-bond acceptors (Lipinski definition) is 1. The van der Waals surface area contributed by atoms with Crippen molar-refractivity contribution in [1.29, 1.82) is 0 Å². The van der Waals surface area contributed by atoms with Gasteiger partial charge in [0.1, 0.15) is 5.84 Å². The first kappa shape index (κ1) is 11.2. The fourth-order valence-electron chi connectivity index (χ4n) is 1.98. The lowest BCUT2D eigenvalue weighted by atomic mass is 10.0. The van der Waals surface area contributed by atoms with E-state index in [1.54, 1.807) is 0 Å². The van der Waals surface area contributed by atoms with Crippen LogP contribution >= 0.6 is 0 Å². The zero-order chi connectivity index (χ0) is 11.4. The van der Waals surface area contributed by atoms with Crippen LogP contribution in [-0.4, -0.2) is 5.84 Å². The lowest BCUT2D eigenvalue weighted by molar-refractivity contribution is 0.591. The Morgan fingerprint density at radius 3 is 2.56 bits per heavy atom. The van der Waals surface area contributed by atoms with E-state index in [0.29, 0.717) is 5.92 Å². The number of aliphatic imine (C=N–C) groups is 1. The summed E-state index contributed by atoms with van der Waals surface area (Å²) >= 11 is 0. The molecule has 16 heavy (non-hydrogen) atoms. The van der Waals surface area contributed by atoms with E-state index in [4.69, 9.17) is 0 Å². The number of para-hydroxylation sites is 2. The molecule has 1 aromatic carbocycles. The SMILES string of the molecule is CCCCCC(C)C1=Nc2ccccc2[N]1. The zero-order valence-corrected chi connectivity index (χ0v) is 10.1. The van der Waals surface area contributed by atoms with Crippen LogP contribution < -0.4 is 5.32 Å². The lowest BCUT2D eigenvalue weighted by Gasteiger charge is -2.09. The molecule has 0 amide bonds. The monoisotopic (exact) mass is 215 g/mol. The van der Waals surface area contributed by atoms with Gasteiger partial charge in [0.25, 0.3) is 0 Å². The molecule has 1 aliphatic heterocycles. The molecule has 0 aliphatic carbocycles. The highest BCUT2D eigenvalue weighted by Gasteiger charge is 2.19. The summed E-state index contributed by atoms with van der Waals surface area (Å²) in [6.07, 6.45) is 5.06. The maximum atomic E-state index is 4.58. The van der Waals surface area contributed by atoms with Gasteiger partial charge in [-0.05, 0) is 18.6 Å². The largest absolute Gasteiger partial charge is 0.231 e. The molecular weight excluding hydrogens is 196 g/mol. The second kappa shape index (κ2) is 5.15. The van der Waals surface area contributed by atoms with Gasteiger partial charge in [-0.3, -0.25) is 0 Å². The van der Waals surface area contributed by atoms with Gasteiger partial charge in [0.2, 0.25) is 0 Å². The number of unbranched alkanes of at least 4 members (excludes halogenated alkanes) is 2. The van der Waals surface area contributed by atoms with Gasteiger partial charge < -0.3 is 0 Å². The van der Waals surface area contributed by atoms with Gasteiger partial charge >= 0.3 is 0 Å². The van der Waals surface area contributed by atoms with Gasteiger partial charge in [-0.2, -0.15) is 0 Å². The van der Waals surface area contributed by atoms with Crippen molar-refractivity contribution < 1.29 is 0 Å². The Labute approximate surface area is 97.8 Å². The Kier molecular flexibility index (Phi) is 3.60. The van der Waals surface area contributed by atoms with Crippen molar-refractivity contribution in [2.24, 2.45) is 10.9 Å². The van der Waals surface area contributed by atoms with Crippen LogP contribution in [-0.2, 0) is 0 Å². The summed E-state index contributed by atoms with van der Waals surface area (Å²) in [4.78, 5) is 4.58. The molecule has 1 aliphatic rings. The smallest absolute Gasteiger partial charge is 0.132 e. The molecule has 1 atom stereocenters. The molecule has 0 fully saturated rings. The zero-order valence-electron chi connectivity index (χ0n) is 10.1. The van der Waals surface area contributed by atoms with Crippen LogP contribution in [0.5, 0.6) is 0 Å². The molecule has 2 rings (SSSR count). The predicted molar refractivity (Wildman–Crippen MR) is 68.6 cm³/mol. The molecule has 0 spiro atoms. The molecule has 0 saturated carbocycles. The van der Waals surface area contributed by atoms with Crippen molar-refractivity contribution in [2.75, 3.05) is 0 Å². The molecule has 2 heteroatoms. The molecule has 0 bridgehead atoms. The van der Waals surface area contributed by atoms with Crippen molar-refractivity contribution in [3.63, 3.8) is 0 Å². The predicted octanol–water partition coefficient (Wildman–Crippen LogP) is 4.18. The highest BCUT2D eigenvalue weighted by atomic mass is 15.1. The van der Waals surface area contributed by atoms with Gasteiger partial charge in [-0.25, -0.2) is 10.3 Å². The molecule has 0 aromatic heterocycles. The summed E-state index contributed by atoms with van der Waals surface area (Å²) < 4.78 is 0. The van der Waals surface area contributed by atoms with E-state index in [1.807, 2.05) is 24.3 Å². The highest BCUT2D eigenvalue weighted by molar-refractivity contribution is 5.97. The minimum Gasteiger partial charge on any atom is -0.231 e. The summed E-state index contributed by atoms with van der Waals surface area (Å²) in [5.74, 6) is 1.50. The first-order valence-corrected chi connectivity index (χ1v) is 6.20. The maximum Gasteiger partial charge on any atom is 0.132 e. The molecule has 1 heterocycles. The van der Waals surface area contributed by atoms with Crippen molar-refractivity contribution in [3.05, 3.63) is 24.3 Å². The maximum absolute atomic E-state index is 4.58. The number of fused-ring (bicyclic) bond motifs is 1. The normalized spacial score (nSPS) is 15.2. The Bertz CT molecular complexity index is 382. The van der Waals surface area contributed by atoms with E-state index < -0.39 is 0 Å². The Balaban J connectivity index is 1.94. The second-order valence-electron chi connectivity index (χ2n) is 4.47. The third-order valence-corrected chi connectivity index (χ3v) is 3.03. The van der Waals surface area contributed by atoms with Gasteiger partial charge in [0.05, 0.1) is 11.4 Å². The van der Waals surface area contributed by atoms with Crippen LogP contribution in [0.4, 0.5) is 11.4 Å². The molecule has 2 nitrogen and oxygen atoms in total. The summed E-state index contributed by atoms with van der Waals surface area (Å²) in [5, 5.41) is 4.58.